The molecule has 0 bridgehead atoms. The molecular weight excluding hydrogens is 188 g/mol. The van der Waals surface area contributed by atoms with Crippen LogP contribution in [0.2, 0.25) is 0 Å². The quantitative estimate of drug-likeness (QED) is 0.726. The van der Waals surface area contributed by atoms with Crippen LogP contribution in [-0.4, -0.2) is 17.4 Å². The van der Waals surface area contributed by atoms with Crippen LogP contribution in [0.4, 0.5) is 0 Å². The lowest BCUT2D eigenvalue weighted by molar-refractivity contribution is 0.0948. The lowest BCUT2D eigenvalue weighted by atomic mass is 10.2. The van der Waals surface area contributed by atoms with E-state index in [2.05, 4.69) is 17.2 Å². The second-order valence-corrected chi connectivity index (χ2v) is 3.53. The molecule has 1 aromatic heterocycles. The Hall–Kier alpha value is -1.38. The molecule has 1 heterocycles. The number of carbonyl (C=O) groups excluding carboxylic acids is 1. The third-order valence-electron chi connectivity index (χ3n) is 2.21. The molecule has 82 valence electrons. The molecule has 0 unspecified atom stereocenters. The van der Waals surface area contributed by atoms with E-state index < -0.39 is 0 Å². The van der Waals surface area contributed by atoms with Gasteiger partial charge in [-0.2, -0.15) is 0 Å². The van der Waals surface area contributed by atoms with E-state index in [1.807, 2.05) is 6.07 Å². The van der Waals surface area contributed by atoms with Crippen molar-refractivity contribution in [3.63, 3.8) is 0 Å². The molecule has 0 aliphatic carbocycles. The fourth-order valence-corrected chi connectivity index (χ4v) is 1.34. The predicted molar refractivity (Wildman–Crippen MR) is 60.7 cm³/mol. The Kier molecular flexibility index (Phi) is 5.44. The molecule has 1 rings (SSSR count). The third-order valence-corrected chi connectivity index (χ3v) is 2.21. The number of unbranched alkanes of at least 4 members (excludes halogenated alkanes) is 3. The molecule has 3 nitrogen and oxygen atoms in total. The van der Waals surface area contributed by atoms with Crippen molar-refractivity contribution in [2.75, 3.05) is 6.54 Å². The van der Waals surface area contributed by atoms with Gasteiger partial charge in [0.25, 0.3) is 5.91 Å². The van der Waals surface area contributed by atoms with E-state index in [0.29, 0.717) is 5.69 Å². The Labute approximate surface area is 90.9 Å². The second-order valence-electron chi connectivity index (χ2n) is 3.53. The van der Waals surface area contributed by atoms with Gasteiger partial charge in [-0.25, -0.2) is 0 Å². The highest BCUT2D eigenvalue weighted by molar-refractivity contribution is 5.92. The van der Waals surface area contributed by atoms with E-state index >= 15 is 0 Å². The smallest absolute Gasteiger partial charge is 0.269 e. The first-order valence-electron chi connectivity index (χ1n) is 5.54. The monoisotopic (exact) mass is 206 g/mol. The summed E-state index contributed by atoms with van der Waals surface area (Å²) in [5.74, 6) is -0.0768. The van der Waals surface area contributed by atoms with Crippen LogP contribution in [0, 0.1) is 0 Å². The number of hydrogen-bond donors (Lipinski definition) is 1. The van der Waals surface area contributed by atoms with E-state index in [9.17, 15) is 4.79 Å². The number of rotatable bonds is 6. The first-order valence-corrected chi connectivity index (χ1v) is 5.54. The molecule has 0 saturated heterocycles. The lowest BCUT2D eigenvalue weighted by Gasteiger charge is -2.03. The third kappa shape index (κ3) is 4.58. The van der Waals surface area contributed by atoms with E-state index in [-0.39, 0.29) is 5.91 Å². The lowest BCUT2D eigenvalue weighted by Crippen LogP contribution is -2.25. The molecule has 0 fully saturated rings. The Bertz CT molecular complexity index is 285. The topological polar surface area (TPSA) is 42.0 Å². The number of aromatic nitrogens is 1. The molecular formula is C12H18N2O. The normalized spacial score (nSPS) is 9.93. The molecule has 1 aromatic rings. The van der Waals surface area contributed by atoms with Crippen molar-refractivity contribution in [1.82, 2.24) is 10.3 Å². The first kappa shape index (κ1) is 11.7. The molecule has 0 spiro atoms. The molecule has 0 aromatic carbocycles. The van der Waals surface area contributed by atoms with Crippen LogP contribution in [0.5, 0.6) is 0 Å². The maximum Gasteiger partial charge on any atom is 0.269 e. The van der Waals surface area contributed by atoms with Crippen molar-refractivity contribution in [3.05, 3.63) is 30.1 Å². The average Bonchev–Trinajstić information content (AvgIpc) is 2.30. The number of nitrogens with one attached hydrogen (secondary N) is 1. The van der Waals surface area contributed by atoms with Crippen LogP contribution in [0.3, 0.4) is 0 Å². The van der Waals surface area contributed by atoms with E-state index in [1.54, 1.807) is 18.3 Å². The zero-order valence-corrected chi connectivity index (χ0v) is 9.20. The summed E-state index contributed by atoms with van der Waals surface area (Å²) in [7, 11) is 0. The highest BCUT2D eigenvalue weighted by atomic mass is 16.1. The van der Waals surface area contributed by atoms with E-state index in [0.717, 1.165) is 13.0 Å². The van der Waals surface area contributed by atoms with Gasteiger partial charge >= 0.3 is 0 Å². The minimum Gasteiger partial charge on any atom is -0.351 e. The number of nitrogens with zero attached hydrogens (tertiary/aromatic N) is 1. The predicted octanol–water partition coefficient (Wildman–Crippen LogP) is 2.39. The maximum atomic E-state index is 11.5. The van der Waals surface area contributed by atoms with Gasteiger partial charge in [-0.15, -0.1) is 0 Å². The molecule has 0 aliphatic heterocycles. The average molecular weight is 206 g/mol. The summed E-state index contributed by atoms with van der Waals surface area (Å²) in [6, 6.07) is 5.35. The van der Waals surface area contributed by atoms with E-state index in [1.165, 1.54) is 19.3 Å². The van der Waals surface area contributed by atoms with Gasteiger partial charge in [0.15, 0.2) is 0 Å². The summed E-state index contributed by atoms with van der Waals surface area (Å²) in [6.45, 7) is 2.92. The molecule has 1 amide bonds. The molecule has 0 saturated carbocycles. The van der Waals surface area contributed by atoms with Crippen LogP contribution in [0.25, 0.3) is 0 Å². The summed E-state index contributed by atoms with van der Waals surface area (Å²) in [5.41, 5.74) is 0.494. The zero-order valence-electron chi connectivity index (χ0n) is 9.20. The zero-order chi connectivity index (χ0) is 10.9. The number of amides is 1. The molecule has 0 aliphatic rings. The van der Waals surface area contributed by atoms with Gasteiger partial charge in [0, 0.05) is 12.7 Å². The second kappa shape index (κ2) is 6.98. The number of pyridine rings is 1. The van der Waals surface area contributed by atoms with Crippen molar-refractivity contribution < 1.29 is 4.79 Å². The number of carbonyl (C=O) groups is 1. The van der Waals surface area contributed by atoms with Crippen molar-refractivity contribution in [2.24, 2.45) is 0 Å². The van der Waals surface area contributed by atoms with Crippen LogP contribution in [0.1, 0.15) is 43.1 Å². The van der Waals surface area contributed by atoms with Crippen molar-refractivity contribution in [3.8, 4) is 0 Å². The minimum absolute atomic E-state index is 0.0768. The van der Waals surface area contributed by atoms with Crippen LogP contribution < -0.4 is 5.32 Å². The van der Waals surface area contributed by atoms with Gasteiger partial charge in [0.2, 0.25) is 0 Å². The highest BCUT2D eigenvalue weighted by Crippen LogP contribution is 1.98. The Morgan fingerprint density at radius 2 is 2.20 bits per heavy atom. The molecule has 3 heteroatoms. The van der Waals surface area contributed by atoms with Gasteiger partial charge < -0.3 is 5.32 Å². The fourth-order valence-electron chi connectivity index (χ4n) is 1.34. The Morgan fingerprint density at radius 1 is 1.33 bits per heavy atom. The number of hydrogen-bond acceptors (Lipinski definition) is 2. The van der Waals surface area contributed by atoms with Crippen molar-refractivity contribution in [1.29, 1.82) is 0 Å². The summed E-state index contributed by atoms with van der Waals surface area (Å²) in [4.78, 5) is 15.5. The summed E-state index contributed by atoms with van der Waals surface area (Å²) in [6.07, 6.45) is 6.31. The largest absolute Gasteiger partial charge is 0.351 e. The Balaban J connectivity index is 2.20. The van der Waals surface area contributed by atoms with E-state index in [4.69, 9.17) is 0 Å². The van der Waals surface area contributed by atoms with Crippen LogP contribution in [-0.2, 0) is 0 Å². The van der Waals surface area contributed by atoms with Gasteiger partial charge in [-0.05, 0) is 18.6 Å². The van der Waals surface area contributed by atoms with Crippen molar-refractivity contribution >= 4 is 5.91 Å². The Morgan fingerprint density at radius 3 is 2.87 bits per heavy atom. The SMILES string of the molecule is CCCCCCNC(=O)c1ccccn1. The fraction of sp³-hybridized carbons (Fsp3) is 0.500. The van der Waals surface area contributed by atoms with Crippen molar-refractivity contribution in [2.45, 2.75) is 32.6 Å². The summed E-state index contributed by atoms with van der Waals surface area (Å²) >= 11 is 0. The van der Waals surface area contributed by atoms with Crippen LogP contribution >= 0.6 is 0 Å². The molecule has 0 radical (unpaired) electrons. The first-order chi connectivity index (χ1) is 7.34. The van der Waals surface area contributed by atoms with Gasteiger partial charge in [0.1, 0.15) is 5.69 Å². The maximum absolute atomic E-state index is 11.5. The highest BCUT2D eigenvalue weighted by Gasteiger charge is 2.03. The molecule has 0 atom stereocenters. The summed E-state index contributed by atoms with van der Waals surface area (Å²) in [5, 5.41) is 2.86. The van der Waals surface area contributed by atoms with Crippen LogP contribution in [0.15, 0.2) is 24.4 Å². The minimum atomic E-state index is -0.0768. The van der Waals surface area contributed by atoms with Gasteiger partial charge in [-0.3, -0.25) is 9.78 Å². The molecule has 1 N–H and O–H groups in total. The van der Waals surface area contributed by atoms with Gasteiger partial charge in [0.05, 0.1) is 0 Å². The molecule has 15 heavy (non-hydrogen) atoms. The standard InChI is InChI=1S/C12H18N2O/c1-2-3-4-6-10-14-12(15)11-8-5-7-9-13-11/h5,7-9H,2-4,6,10H2,1H3,(H,14,15). The summed E-state index contributed by atoms with van der Waals surface area (Å²) < 4.78 is 0. The van der Waals surface area contributed by atoms with Gasteiger partial charge in [-0.1, -0.05) is 32.3 Å².